The molecule has 1 saturated carbocycles. The summed E-state index contributed by atoms with van der Waals surface area (Å²) in [7, 11) is 0. The number of nitrogens with zero attached hydrogens (tertiary/aromatic N) is 6. The summed E-state index contributed by atoms with van der Waals surface area (Å²) < 4.78 is 0. The Hall–Kier alpha value is -3.87. The van der Waals surface area contributed by atoms with E-state index in [4.69, 9.17) is 5.73 Å². The molecule has 0 spiro atoms. The van der Waals surface area contributed by atoms with Gasteiger partial charge in [-0.25, -0.2) is 4.98 Å². The van der Waals surface area contributed by atoms with E-state index in [0.717, 1.165) is 68.3 Å². The third-order valence-electron chi connectivity index (χ3n) is 9.11. The molecule has 2 aromatic heterocycles. The molecule has 39 heavy (non-hydrogen) atoms. The number of phenols is 1. The molecule has 200 valence electrons. The van der Waals surface area contributed by atoms with Crippen molar-refractivity contribution in [2.24, 2.45) is 5.92 Å². The number of piperazine rings is 1. The number of para-hydroxylation sites is 1. The number of aliphatic hydroxyl groups is 1. The molecule has 8 rings (SSSR count). The molecule has 1 aliphatic carbocycles. The van der Waals surface area contributed by atoms with Crippen LogP contribution in [-0.2, 0) is 0 Å². The number of pyridine rings is 1. The highest BCUT2D eigenvalue weighted by atomic mass is 16.3. The minimum Gasteiger partial charge on any atom is -0.507 e. The highest BCUT2D eigenvalue weighted by Crippen LogP contribution is 2.49. The van der Waals surface area contributed by atoms with Crippen molar-refractivity contribution in [3.05, 3.63) is 54.4 Å². The summed E-state index contributed by atoms with van der Waals surface area (Å²) in [5.41, 5.74) is 10.3. The average molecular weight is 524 g/mol. The number of rotatable bonds is 5. The molecule has 6 heterocycles. The number of phenolic OH excluding ortho intramolecular Hbond substituents is 1. The molecule has 3 aromatic rings. The van der Waals surface area contributed by atoms with Crippen LogP contribution in [0.25, 0.3) is 11.3 Å². The fraction of sp³-hybridized carbons (Fsp3) is 0.433. The zero-order valence-corrected chi connectivity index (χ0v) is 21.9. The van der Waals surface area contributed by atoms with Gasteiger partial charge in [0.15, 0.2) is 5.82 Å². The molecule has 5 fully saturated rings. The Morgan fingerprint density at radius 1 is 1.03 bits per heavy atom. The number of nitrogens with two attached hydrogens (primary N) is 1. The largest absolute Gasteiger partial charge is 0.507 e. The van der Waals surface area contributed by atoms with Crippen molar-refractivity contribution in [2.75, 3.05) is 48.3 Å². The van der Waals surface area contributed by atoms with E-state index in [0.29, 0.717) is 35.7 Å². The monoisotopic (exact) mass is 523 g/mol. The van der Waals surface area contributed by atoms with Gasteiger partial charge in [0.05, 0.1) is 24.5 Å². The fourth-order valence-corrected chi connectivity index (χ4v) is 7.23. The Morgan fingerprint density at radius 3 is 2.59 bits per heavy atom. The Morgan fingerprint density at radius 2 is 1.82 bits per heavy atom. The quantitative estimate of drug-likeness (QED) is 0.434. The topological polar surface area (TPSA) is 115 Å². The SMILES string of the molecule is Nc1nnc(-c2ccccc2O)cc1N1CC2CCC(C1)N2c1ccnc(C#CCN2CC3CC2(CO)C3)c1. The second kappa shape index (κ2) is 9.40. The molecule has 0 radical (unpaired) electrons. The summed E-state index contributed by atoms with van der Waals surface area (Å²) in [6.45, 7) is 3.61. The van der Waals surface area contributed by atoms with E-state index in [1.807, 2.05) is 24.4 Å². The standard InChI is InChI=1S/C30H33N7O2/c31-29-27(13-26(33-34-29)25-5-1-2-6-28(25)39)35-17-23-7-8-24(18-35)37(23)22-9-10-32-21(12-22)4-3-11-36-16-20-14-30(36,15-20)19-38/h1-2,5-6,9-10,12-13,20,23-24,38-39H,7-8,11,14-19H2,(H2,31,34). The van der Waals surface area contributed by atoms with Crippen LogP contribution in [0.15, 0.2) is 48.7 Å². The zero-order valence-electron chi connectivity index (χ0n) is 21.9. The predicted molar refractivity (Wildman–Crippen MR) is 150 cm³/mol. The van der Waals surface area contributed by atoms with Crippen LogP contribution in [0.2, 0.25) is 0 Å². The van der Waals surface area contributed by atoms with Crippen LogP contribution >= 0.6 is 0 Å². The Labute approximate surface area is 228 Å². The van der Waals surface area contributed by atoms with E-state index in [1.54, 1.807) is 12.1 Å². The smallest absolute Gasteiger partial charge is 0.169 e. The number of hydrogen-bond donors (Lipinski definition) is 3. The van der Waals surface area contributed by atoms with Crippen molar-refractivity contribution < 1.29 is 10.2 Å². The molecule has 4 aliphatic heterocycles. The molecule has 9 nitrogen and oxygen atoms in total. The summed E-state index contributed by atoms with van der Waals surface area (Å²) in [4.78, 5) is 11.7. The minimum absolute atomic E-state index is 0.0243. The van der Waals surface area contributed by atoms with E-state index < -0.39 is 0 Å². The lowest BCUT2D eigenvalue weighted by Gasteiger charge is -2.43. The number of nitrogen functional groups attached to an aromatic ring is 1. The van der Waals surface area contributed by atoms with Gasteiger partial charge in [-0.3, -0.25) is 4.90 Å². The summed E-state index contributed by atoms with van der Waals surface area (Å²) in [5, 5.41) is 28.6. The number of anilines is 3. The van der Waals surface area contributed by atoms with Gasteiger partial charge in [-0.1, -0.05) is 18.1 Å². The van der Waals surface area contributed by atoms with E-state index in [2.05, 4.69) is 53.9 Å². The van der Waals surface area contributed by atoms with Gasteiger partial charge in [0.2, 0.25) is 0 Å². The molecule has 1 aromatic carbocycles. The van der Waals surface area contributed by atoms with Crippen molar-refractivity contribution in [3.63, 3.8) is 0 Å². The number of benzene rings is 1. The van der Waals surface area contributed by atoms with Crippen molar-refractivity contribution in [1.82, 2.24) is 20.1 Å². The first kappa shape index (κ1) is 24.2. The van der Waals surface area contributed by atoms with Gasteiger partial charge < -0.3 is 25.7 Å². The lowest BCUT2D eigenvalue weighted by molar-refractivity contribution is 0.0451. The summed E-state index contributed by atoms with van der Waals surface area (Å²) in [6.07, 6.45) is 6.27. The maximum absolute atomic E-state index is 10.3. The predicted octanol–water partition coefficient (Wildman–Crippen LogP) is 2.49. The Bertz CT molecular complexity index is 1450. The van der Waals surface area contributed by atoms with E-state index in [9.17, 15) is 10.2 Å². The number of fused-ring (bicyclic) bond motifs is 3. The molecule has 5 aliphatic rings. The van der Waals surface area contributed by atoms with Gasteiger partial charge in [-0.15, -0.1) is 10.2 Å². The maximum Gasteiger partial charge on any atom is 0.169 e. The molecule has 2 unspecified atom stereocenters. The van der Waals surface area contributed by atoms with Crippen LogP contribution in [-0.4, -0.2) is 80.7 Å². The van der Waals surface area contributed by atoms with Crippen LogP contribution in [0.3, 0.4) is 0 Å². The van der Waals surface area contributed by atoms with Crippen molar-refractivity contribution in [1.29, 1.82) is 0 Å². The first-order valence-corrected chi connectivity index (χ1v) is 13.8. The number of hydrogen-bond acceptors (Lipinski definition) is 9. The maximum atomic E-state index is 10.3. The summed E-state index contributed by atoms with van der Waals surface area (Å²) >= 11 is 0. The van der Waals surface area contributed by atoms with Gasteiger partial charge in [0.25, 0.3) is 0 Å². The Balaban J connectivity index is 1.08. The Kier molecular flexibility index (Phi) is 5.83. The lowest BCUT2D eigenvalue weighted by Crippen LogP contribution is -2.54. The molecular formula is C30H33N7O2. The first-order chi connectivity index (χ1) is 19.0. The third kappa shape index (κ3) is 4.15. The second-order valence-corrected chi connectivity index (χ2v) is 11.5. The molecule has 9 heteroatoms. The number of aliphatic hydroxyl groups excluding tert-OH is 1. The average Bonchev–Trinajstić information content (AvgIpc) is 3.55. The van der Waals surface area contributed by atoms with Gasteiger partial charge in [0.1, 0.15) is 11.4 Å². The van der Waals surface area contributed by atoms with Crippen molar-refractivity contribution >= 4 is 17.2 Å². The van der Waals surface area contributed by atoms with Crippen LogP contribution < -0.4 is 15.5 Å². The van der Waals surface area contributed by atoms with E-state index in [-0.39, 0.29) is 17.9 Å². The fourth-order valence-electron chi connectivity index (χ4n) is 7.23. The van der Waals surface area contributed by atoms with Crippen LogP contribution in [0, 0.1) is 17.8 Å². The van der Waals surface area contributed by atoms with Gasteiger partial charge >= 0.3 is 0 Å². The first-order valence-electron chi connectivity index (χ1n) is 13.8. The van der Waals surface area contributed by atoms with E-state index in [1.165, 1.54) is 0 Å². The molecule has 4 N–H and O–H groups in total. The summed E-state index contributed by atoms with van der Waals surface area (Å²) in [5.74, 6) is 7.90. The minimum atomic E-state index is -0.0243. The highest BCUT2D eigenvalue weighted by molar-refractivity contribution is 5.74. The van der Waals surface area contributed by atoms with E-state index >= 15 is 0 Å². The summed E-state index contributed by atoms with van der Waals surface area (Å²) in [6, 6.07) is 14.0. The second-order valence-electron chi connectivity index (χ2n) is 11.5. The van der Waals surface area contributed by atoms with Crippen LogP contribution in [0.1, 0.15) is 31.4 Å². The molecule has 2 atom stereocenters. The van der Waals surface area contributed by atoms with Crippen LogP contribution in [0.4, 0.5) is 17.2 Å². The van der Waals surface area contributed by atoms with Gasteiger partial charge in [-0.2, -0.15) is 0 Å². The van der Waals surface area contributed by atoms with Crippen molar-refractivity contribution in [3.8, 4) is 28.8 Å². The zero-order chi connectivity index (χ0) is 26.6. The molecule has 4 bridgehead atoms. The number of aromatic nitrogens is 3. The molecule has 4 saturated heterocycles. The van der Waals surface area contributed by atoms with Gasteiger partial charge in [-0.05, 0) is 67.9 Å². The third-order valence-corrected chi connectivity index (χ3v) is 9.11. The molecular weight excluding hydrogens is 490 g/mol. The normalized spacial score (nSPS) is 27.3. The highest BCUT2D eigenvalue weighted by Gasteiger charge is 2.55. The lowest BCUT2D eigenvalue weighted by atomic mass is 9.74. The van der Waals surface area contributed by atoms with Gasteiger partial charge in [0, 0.05) is 54.7 Å². The van der Waals surface area contributed by atoms with Crippen molar-refractivity contribution in [2.45, 2.75) is 43.3 Å². The molecule has 0 amide bonds. The number of aromatic hydroxyl groups is 1. The van der Waals surface area contributed by atoms with Crippen LogP contribution in [0.5, 0.6) is 5.75 Å².